The lowest BCUT2D eigenvalue weighted by atomic mass is 9.96. The minimum absolute atomic E-state index is 0.0267. The fourth-order valence-electron chi connectivity index (χ4n) is 2.65. The number of nitrogens with zero attached hydrogens (tertiary/aromatic N) is 2. The number of amides is 1. The van der Waals surface area contributed by atoms with Gasteiger partial charge in [-0.3, -0.25) is 4.98 Å². The molecular formula is C17H26N2O4. The molecule has 0 aromatic carbocycles. The molecule has 2 atom stereocenters. The third-order valence-corrected chi connectivity index (χ3v) is 3.71. The predicted molar refractivity (Wildman–Crippen MR) is 86.3 cm³/mol. The second-order valence-corrected chi connectivity index (χ2v) is 6.81. The Hall–Kier alpha value is -1.82. The van der Waals surface area contributed by atoms with Gasteiger partial charge in [-0.2, -0.15) is 0 Å². The van der Waals surface area contributed by atoms with Gasteiger partial charge in [0, 0.05) is 30.8 Å². The van der Waals surface area contributed by atoms with Gasteiger partial charge in [0.25, 0.3) is 0 Å². The van der Waals surface area contributed by atoms with Crippen molar-refractivity contribution in [3.05, 3.63) is 24.0 Å². The number of likely N-dealkylation sites (tertiary alicyclic amines) is 1. The highest BCUT2D eigenvalue weighted by atomic mass is 16.6. The summed E-state index contributed by atoms with van der Waals surface area (Å²) in [6, 6.07) is 1.80. The van der Waals surface area contributed by atoms with Crippen LogP contribution >= 0.6 is 0 Å². The summed E-state index contributed by atoms with van der Waals surface area (Å²) in [7, 11) is 0. The molecule has 128 valence electrons. The van der Waals surface area contributed by atoms with Gasteiger partial charge in [0.15, 0.2) is 0 Å². The van der Waals surface area contributed by atoms with Gasteiger partial charge < -0.3 is 19.5 Å². The molecular weight excluding hydrogens is 296 g/mol. The monoisotopic (exact) mass is 322 g/mol. The van der Waals surface area contributed by atoms with Gasteiger partial charge in [-0.1, -0.05) is 0 Å². The van der Waals surface area contributed by atoms with Crippen LogP contribution in [0.4, 0.5) is 4.79 Å². The second kappa shape index (κ2) is 7.17. The van der Waals surface area contributed by atoms with Crippen LogP contribution < -0.4 is 4.74 Å². The van der Waals surface area contributed by atoms with E-state index in [1.807, 2.05) is 27.7 Å². The highest BCUT2D eigenvalue weighted by molar-refractivity contribution is 5.68. The van der Waals surface area contributed by atoms with E-state index in [-0.39, 0.29) is 12.0 Å². The number of aliphatic hydroxyl groups excluding tert-OH is 1. The molecule has 2 heterocycles. The Morgan fingerprint density at radius 3 is 2.87 bits per heavy atom. The zero-order valence-electron chi connectivity index (χ0n) is 14.3. The molecule has 1 amide bonds. The van der Waals surface area contributed by atoms with Crippen molar-refractivity contribution in [3.8, 4) is 5.75 Å². The van der Waals surface area contributed by atoms with E-state index in [0.29, 0.717) is 31.0 Å². The average molecular weight is 322 g/mol. The summed E-state index contributed by atoms with van der Waals surface area (Å²) >= 11 is 0. The normalized spacial score (nSPS) is 19.5. The van der Waals surface area contributed by atoms with Gasteiger partial charge in [-0.15, -0.1) is 0 Å². The number of aromatic nitrogens is 1. The largest absolute Gasteiger partial charge is 0.492 e. The standard InChI is InChI=1S/C17H26N2O4/c1-5-22-14-8-13(9-18-10-14)15(20)12-6-7-19(11-12)16(21)23-17(2,3)4/h8-10,12,15,20H,5-7,11H2,1-4H3. The highest BCUT2D eigenvalue weighted by Crippen LogP contribution is 2.31. The average Bonchev–Trinajstić information content (AvgIpc) is 2.95. The molecule has 2 unspecified atom stereocenters. The minimum atomic E-state index is -0.671. The molecule has 2 rings (SSSR count). The Labute approximate surface area is 137 Å². The maximum atomic E-state index is 12.1. The van der Waals surface area contributed by atoms with E-state index in [0.717, 1.165) is 6.42 Å². The van der Waals surface area contributed by atoms with E-state index in [2.05, 4.69) is 4.98 Å². The van der Waals surface area contributed by atoms with Crippen LogP contribution in [0.1, 0.15) is 45.8 Å². The zero-order valence-corrected chi connectivity index (χ0v) is 14.3. The van der Waals surface area contributed by atoms with Gasteiger partial charge in [0.2, 0.25) is 0 Å². The van der Waals surface area contributed by atoms with Crippen LogP contribution in [-0.2, 0) is 4.74 Å². The Balaban J connectivity index is 1.98. The number of ether oxygens (including phenoxy) is 2. The second-order valence-electron chi connectivity index (χ2n) is 6.81. The van der Waals surface area contributed by atoms with Crippen molar-refractivity contribution in [3.63, 3.8) is 0 Å². The zero-order chi connectivity index (χ0) is 17.0. The first-order valence-electron chi connectivity index (χ1n) is 8.04. The molecule has 6 heteroatoms. The van der Waals surface area contributed by atoms with Crippen LogP contribution in [0.15, 0.2) is 18.5 Å². The van der Waals surface area contributed by atoms with Gasteiger partial charge in [0.05, 0.1) is 18.9 Å². The molecule has 0 saturated carbocycles. The van der Waals surface area contributed by atoms with Crippen molar-refractivity contribution in [2.75, 3.05) is 19.7 Å². The quantitative estimate of drug-likeness (QED) is 0.923. The summed E-state index contributed by atoms with van der Waals surface area (Å²) in [5.41, 5.74) is 0.204. The van der Waals surface area contributed by atoms with Crippen molar-refractivity contribution >= 4 is 6.09 Å². The van der Waals surface area contributed by atoms with E-state index in [1.165, 1.54) is 0 Å². The molecule has 6 nitrogen and oxygen atoms in total. The van der Waals surface area contributed by atoms with Gasteiger partial charge in [-0.25, -0.2) is 4.79 Å². The molecule has 0 radical (unpaired) electrons. The highest BCUT2D eigenvalue weighted by Gasteiger charge is 2.34. The smallest absolute Gasteiger partial charge is 0.410 e. The van der Waals surface area contributed by atoms with Crippen molar-refractivity contribution in [1.29, 1.82) is 0 Å². The van der Waals surface area contributed by atoms with Crippen molar-refractivity contribution in [2.24, 2.45) is 5.92 Å². The summed E-state index contributed by atoms with van der Waals surface area (Å²) in [6.07, 6.45) is 3.01. The summed E-state index contributed by atoms with van der Waals surface area (Å²) in [5, 5.41) is 10.6. The lowest BCUT2D eigenvalue weighted by molar-refractivity contribution is 0.0268. The lowest BCUT2D eigenvalue weighted by Crippen LogP contribution is -2.35. The third kappa shape index (κ3) is 4.82. The lowest BCUT2D eigenvalue weighted by Gasteiger charge is -2.25. The molecule has 1 saturated heterocycles. The number of hydrogen-bond acceptors (Lipinski definition) is 5. The fourth-order valence-corrected chi connectivity index (χ4v) is 2.65. The van der Waals surface area contributed by atoms with Crippen LogP contribution in [0.25, 0.3) is 0 Å². The van der Waals surface area contributed by atoms with Crippen LogP contribution in [-0.4, -0.2) is 46.4 Å². The molecule has 0 bridgehead atoms. The number of rotatable bonds is 4. The van der Waals surface area contributed by atoms with E-state index >= 15 is 0 Å². The van der Waals surface area contributed by atoms with Crippen LogP contribution in [0.3, 0.4) is 0 Å². The Kier molecular flexibility index (Phi) is 5.46. The Morgan fingerprint density at radius 1 is 1.48 bits per heavy atom. The Bertz CT molecular complexity index is 542. The number of aliphatic hydroxyl groups is 1. The number of carbonyl (C=O) groups is 1. The summed E-state index contributed by atoms with van der Waals surface area (Å²) < 4.78 is 10.8. The molecule has 1 aromatic rings. The first-order chi connectivity index (χ1) is 10.8. The third-order valence-electron chi connectivity index (χ3n) is 3.71. The molecule has 1 aromatic heterocycles. The first-order valence-corrected chi connectivity index (χ1v) is 8.04. The summed E-state index contributed by atoms with van der Waals surface area (Å²) in [6.45, 7) is 9.06. The van der Waals surface area contributed by atoms with E-state index in [9.17, 15) is 9.90 Å². The van der Waals surface area contributed by atoms with Crippen molar-refractivity contribution < 1.29 is 19.4 Å². The molecule has 1 aliphatic rings. The summed E-state index contributed by atoms with van der Waals surface area (Å²) in [5.74, 6) is 0.618. The van der Waals surface area contributed by atoms with E-state index in [1.54, 1.807) is 23.4 Å². The maximum Gasteiger partial charge on any atom is 0.410 e. The molecule has 23 heavy (non-hydrogen) atoms. The number of carbonyl (C=O) groups excluding carboxylic acids is 1. The number of pyridine rings is 1. The SMILES string of the molecule is CCOc1cncc(C(O)C2CCN(C(=O)OC(C)(C)C)C2)c1. The molecule has 1 fully saturated rings. The number of hydrogen-bond donors (Lipinski definition) is 1. The first kappa shape index (κ1) is 17.5. The molecule has 1 aliphatic heterocycles. The van der Waals surface area contributed by atoms with Crippen LogP contribution in [0.5, 0.6) is 5.75 Å². The predicted octanol–water partition coefficient (Wildman–Crippen LogP) is 2.77. The minimum Gasteiger partial charge on any atom is -0.492 e. The van der Waals surface area contributed by atoms with E-state index < -0.39 is 11.7 Å². The topological polar surface area (TPSA) is 71.9 Å². The Morgan fingerprint density at radius 2 is 2.22 bits per heavy atom. The van der Waals surface area contributed by atoms with Crippen molar-refractivity contribution in [1.82, 2.24) is 9.88 Å². The molecule has 0 aliphatic carbocycles. The van der Waals surface area contributed by atoms with E-state index in [4.69, 9.17) is 9.47 Å². The van der Waals surface area contributed by atoms with Gasteiger partial charge in [-0.05, 0) is 40.2 Å². The van der Waals surface area contributed by atoms with Crippen LogP contribution in [0.2, 0.25) is 0 Å². The molecule has 1 N–H and O–H groups in total. The summed E-state index contributed by atoms with van der Waals surface area (Å²) in [4.78, 5) is 17.9. The van der Waals surface area contributed by atoms with Gasteiger partial charge >= 0.3 is 6.09 Å². The fraction of sp³-hybridized carbons (Fsp3) is 0.647. The molecule has 0 spiro atoms. The van der Waals surface area contributed by atoms with Crippen LogP contribution in [0, 0.1) is 5.92 Å². The van der Waals surface area contributed by atoms with Crippen molar-refractivity contribution in [2.45, 2.75) is 45.8 Å². The van der Waals surface area contributed by atoms with Gasteiger partial charge in [0.1, 0.15) is 11.4 Å². The maximum absolute atomic E-state index is 12.1.